The predicted octanol–water partition coefficient (Wildman–Crippen LogP) is 8.04. The lowest BCUT2D eigenvalue weighted by Crippen LogP contribution is -2.06. The van der Waals surface area contributed by atoms with Crippen molar-refractivity contribution in [3.8, 4) is 11.4 Å². The minimum atomic E-state index is -1.25. The Hall–Kier alpha value is -8.86. The van der Waals surface area contributed by atoms with Crippen LogP contribution < -0.4 is 0 Å². The number of nitrogens with zero attached hydrogens (tertiary/aromatic N) is 10. The van der Waals surface area contributed by atoms with Crippen LogP contribution in [0.25, 0.3) is 66.6 Å². The van der Waals surface area contributed by atoms with Crippen LogP contribution >= 0.6 is 0 Å². The van der Waals surface area contributed by atoms with E-state index in [-0.39, 0.29) is 5.82 Å². The van der Waals surface area contributed by atoms with Crippen molar-refractivity contribution < 1.29 is 35.9 Å². The van der Waals surface area contributed by atoms with Gasteiger partial charge in [-0.15, -0.1) is 0 Å². The van der Waals surface area contributed by atoms with Gasteiger partial charge >= 0.3 is 5.97 Å². The molecule has 0 saturated carbocycles. The highest BCUT2D eigenvalue weighted by Gasteiger charge is 2.15. The fourth-order valence-electron chi connectivity index (χ4n) is 5.97. The van der Waals surface area contributed by atoms with Gasteiger partial charge in [-0.3, -0.25) is 0 Å². The van der Waals surface area contributed by atoms with E-state index in [1.165, 1.54) is 12.7 Å². The summed E-state index contributed by atoms with van der Waals surface area (Å²) >= 11 is 0. The number of imidazole rings is 5. The normalized spacial score (nSPS) is 10.6. The van der Waals surface area contributed by atoms with Gasteiger partial charge in [0, 0.05) is 5.56 Å². The molecule has 0 spiro atoms. The van der Waals surface area contributed by atoms with Gasteiger partial charge < -0.3 is 31.1 Å². The van der Waals surface area contributed by atoms with Gasteiger partial charge in [-0.25, -0.2) is 29.7 Å². The number of fused-ring (bicyclic) bond motifs is 5. The molecule has 0 radical (unpaired) electrons. The Bertz CT molecular complexity index is 3110. The first-order valence-corrected chi connectivity index (χ1v) is 18.1. The van der Waals surface area contributed by atoms with Crippen molar-refractivity contribution >= 4 is 61.1 Å². The molecule has 6 aromatic carbocycles. The highest BCUT2D eigenvalue weighted by Crippen LogP contribution is 2.23. The van der Waals surface area contributed by atoms with Gasteiger partial charge in [0.2, 0.25) is 0 Å². The Labute approximate surface area is 339 Å². The molecule has 0 unspecified atom stereocenters. The van der Waals surface area contributed by atoms with Gasteiger partial charge in [0.05, 0.1) is 27.6 Å². The summed E-state index contributed by atoms with van der Waals surface area (Å²) in [5.74, 6) is -0.437. The maximum absolute atomic E-state index is 10.5. The molecular weight excluding hydrogens is 769 g/mol. The number of rotatable bonds is 2. The zero-order valence-electron chi connectivity index (χ0n) is 31.7. The molecule has 60 heavy (non-hydrogen) atoms. The number of hydrogen-bond donors (Lipinski definition) is 6. The molecule has 5 heterocycles. The highest BCUT2D eigenvalue weighted by atomic mass is 16.5. The van der Waals surface area contributed by atoms with Crippen molar-refractivity contribution in [3.63, 3.8) is 0 Å². The molecule has 0 bridgehead atoms. The van der Waals surface area contributed by atoms with Crippen LogP contribution in [0.5, 0.6) is 0 Å². The van der Waals surface area contributed by atoms with Crippen LogP contribution in [-0.2, 0) is 0 Å². The number of hydrogen-bond acceptors (Lipinski definition) is 11. The summed E-state index contributed by atoms with van der Waals surface area (Å²) in [6.45, 7) is 1.76. The van der Waals surface area contributed by atoms with Gasteiger partial charge in [0.25, 0.3) is 5.82 Å². The fraction of sp³-hybridized carbons (Fsp3) is 0.0233. The first-order chi connectivity index (χ1) is 29.1. The van der Waals surface area contributed by atoms with E-state index in [1.807, 2.05) is 127 Å². The Morgan fingerprint density at radius 2 is 0.817 bits per heavy atom. The van der Waals surface area contributed by atoms with E-state index < -0.39 is 5.97 Å². The molecule has 17 nitrogen and oxygen atoms in total. The van der Waals surface area contributed by atoms with E-state index in [2.05, 4.69) is 24.9 Å². The van der Waals surface area contributed by atoms with Gasteiger partial charge in [-0.1, -0.05) is 91.0 Å². The number of benzene rings is 6. The molecule has 6 N–H and O–H groups in total. The second kappa shape index (κ2) is 17.5. The third-order valence-corrected chi connectivity index (χ3v) is 8.87. The Kier molecular flexibility index (Phi) is 11.5. The Balaban J connectivity index is 0.000000115. The van der Waals surface area contributed by atoms with Crippen molar-refractivity contribution in [2.45, 2.75) is 6.92 Å². The number of carboxylic acid groups (broad SMARTS) is 1. The number of para-hydroxylation sites is 10. The van der Waals surface area contributed by atoms with Crippen LogP contribution in [0.3, 0.4) is 0 Å². The molecule has 0 aliphatic heterocycles. The van der Waals surface area contributed by atoms with Crippen molar-refractivity contribution in [3.05, 3.63) is 176 Å². The smallest absolute Gasteiger partial charge is 0.375 e. The molecule has 0 saturated heterocycles. The third kappa shape index (κ3) is 8.44. The van der Waals surface area contributed by atoms with E-state index in [4.69, 9.17) is 15.5 Å². The second-order valence-electron chi connectivity index (χ2n) is 12.8. The van der Waals surface area contributed by atoms with Crippen LogP contribution in [0.1, 0.15) is 16.4 Å². The van der Waals surface area contributed by atoms with Gasteiger partial charge in [0.15, 0.2) is 5.82 Å². The van der Waals surface area contributed by atoms with E-state index in [1.54, 1.807) is 31.2 Å². The van der Waals surface area contributed by atoms with E-state index >= 15 is 0 Å². The lowest BCUT2D eigenvalue weighted by molar-refractivity contribution is 0.0639. The van der Waals surface area contributed by atoms with Gasteiger partial charge in [-0.2, -0.15) is 23.7 Å². The first kappa shape index (κ1) is 39.4. The minimum absolute atomic E-state index is 0.374. The molecule has 0 atom stereocenters. The minimum Gasteiger partial charge on any atom is -0.475 e. The number of aromatic carboxylic acids is 1. The summed E-state index contributed by atoms with van der Waals surface area (Å²) in [6.07, 6.45) is 2.76. The maximum Gasteiger partial charge on any atom is 0.375 e. The van der Waals surface area contributed by atoms with Crippen LogP contribution in [0.4, 0.5) is 0 Å². The van der Waals surface area contributed by atoms with Crippen LogP contribution in [-0.4, -0.2) is 85.7 Å². The van der Waals surface area contributed by atoms with Crippen molar-refractivity contribution in [1.29, 1.82) is 0 Å². The third-order valence-electron chi connectivity index (χ3n) is 8.87. The molecule has 0 amide bonds. The zero-order chi connectivity index (χ0) is 42.2. The van der Waals surface area contributed by atoms with E-state index in [0.717, 1.165) is 68.6 Å². The predicted molar refractivity (Wildman–Crippen MR) is 222 cm³/mol. The van der Waals surface area contributed by atoms with Crippen molar-refractivity contribution in [1.82, 2.24) is 48.6 Å². The second-order valence-corrected chi connectivity index (χ2v) is 12.8. The largest absolute Gasteiger partial charge is 0.475 e. The zero-order valence-corrected chi connectivity index (χ0v) is 31.7. The summed E-state index contributed by atoms with van der Waals surface area (Å²) in [7, 11) is 0. The summed E-state index contributed by atoms with van der Waals surface area (Å²) in [4.78, 5) is 30.7. The standard InChI is InChI=1S/C13H10N2O.C8H6N2O3.C8H8N2O.2C7H6N2O/c16-15-12-9-5-4-8-11(12)14-13(15)10-6-2-1-3-7-10;11-8(12)7-9-5-3-1-2-4-6(5)10(7)13;1-6-9-7-4-2-3-5-8(7)10(6)11;2*10-9-5-8-6-3-1-2-4-7(6)9/h1-9,16H;1-4,13H,(H,11,12);2-5,11H,1H3;2*1-5,10H. The average Bonchev–Trinajstić information content (AvgIpc) is 4.10. The molecule has 0 aliphatic rings. The average molecular weight is 805 g/mol. The lowest BCUT2D eigenvalue weighted by atomic mass is 10.2. The number of aryl methyl sites for hydroxylation is 1. The van der Waals surface area contributed by atoms with Crippen molar-refractivity contribution in [2.75, 3.05) is 0 Å². The lowest BCUT2D eigenvalue weighted by Gasteiger charge is -1.99. The van der Waals surface area contributed by atoms with E-state index in [0.29, 0.717) is 27.4 Å². The topological polar surface area (TPSA) is 228 Å². The number of carbonyl (C=O) groups is 1. The maximum atomic E-state index is 10.5. The molecule has 11 rings (SSSR count). The molecule has 0 aliphatic carbocycles. The first-order valence-electron chi connectivity index (χ1n) is 18.1. The number of aromatic nitrogens is 10. The van der Waals surface area contributed by atoms with Gasteiger partial charge in [-0.05, 0) is 67.6 Å². The summed E-state index contributed by atoms with van der Waals surface area (Å²) in [5.41, 5.74) is 7.95. The fourth-order valence-corrected chi connectivity index (χ4v) is 5.97. The summed E-state index contributed by atoms with van der Waals surface area (Å²) in [6, 6.07) is 46.1. The van der Waals surface area contributed by atoms with Crippen LogP contribution in [0.15, 0.2) is 164 Å². The molecule has 11 aromatic rings. The SMILES string of the molecule is Cc1nc2ccccc2n1O.O=C(O)c1nc2ccccc2n1O.On1c(-c2ccccc2)nc2ccccc21.On1cnc2ccccc21.On1cnc2ccccc21. The van der Waals surface area contributed by atoms with Crippen LogP contribution in [0.2, 0.25) is 0 Å². The highest BCUT2D eigenvalue weighted by molar-refractivity contribution is 5.89. The molecule has 17 heteroatoms. The van der Waals surface area contributed by atoms with Gasteiger partial charge in [0.1, 0.15) is 46.1 Å². The monoisotopic (exact) mass is 804 g/mol. The van der Waals surface area contributed by atoms with Crippen LogP contribution in [0, 0.1) is 6.92 Å². The summed E-state index contributed by atoms with van der Waals surface area (Å²) in [5, 5.41) is 55.4. The molecule has 5 aromatic heterocycles. The molecule has 300 valence electrons. The van der Waals surface area contributed by atoms with Crippen molar-refractivity contribution in [2.24, 2.45) is 0 Å². The number of carboxylic acids is 1. The molecule has 0 fully saturated rings. The summed E-state index contributed by atoms with van der Waals surface area (Å²) < 4.78 is 4.81. The quantitative estimate of drug-likeness (QED) is 0.0913. The Morgan fingerprint density at radius 3 is 1.25 bits per heavy atom. The van der Waals surface area contributed by atoms with E-state index in [9.17, 15) is 20.4 Å². The Morgan fingerprint density at radius 1 is 0.433 bits per heavy atom. The molecular formula is C43H36N10O7.